The van der Waals surface area contributed by atoms with Crippen LogP contribution in [0.3, 0.4) is 0 Å². The number of anilines is 1. The molecule has 0 aliphatic carbocycles. The van der Waals surface area contributed by atoms with Crippen molar-refractivity contribution in [3.8, 4) is 0 Å². The molecule has 0 aromatic heterocycles. The molecular weight excluding hydrogens is 365 g/mol. The number of rotatable bonds is 4. The van der Waals surface area contributed by atoms with Gasteiger partial charge in [-0.1, -0.05) is 15.9 Å². The Morgan fingerprint density at radius 1 is 1.14 bits per heavy atom. The molecule has 5 nitrogen and oxygen atoms in total. The Kier molecular flexibility index (Phi) is 4.29. The zero-order valence-electron chi connectivity index (χ0n) is 10.4. The molecule has 2 aromatic rings. The van der Waals surface area contributed by atoms with Crippen molar-refractivity contribution < 1.29 is 22.7 Å². The fourth-order valence-electron chi connectivity index (χ4n) is 1.57. The van der Waals surface area contributed by atoms with Crippen LogP contribution in [-0.2, 0) is 10.0 Å². The molecule has 0 spiro atoms. The van der Waals surface area contributed by atoms with Gasteiger partial charge in [-0.15, -0.1) is 0 Å². The number of carbonyl (C=O) groups is 1. The van der Waals surface area contributed by atoms with Gasteiger partial charge in [0.1, 0.15) is 5.82 Å². The summed E-state index contributed by atoms with van der Waals surface area (Å²) < 4.78 is 40.6. The summed E-state index contributed by atoms with van der Waals surface area (Å²) in [5, 5.41) is 8.82. The molecule has 0 saturated carbocycles. The van der Waals surface area contributed by atoms with Gasteiger partial charge in [-0.05, 0) is 42.5 Å². The molecule has 0 fully saturated rings. The lowest BCUT2D eigenvalue weighted by Gasteiger charge is -2.09. The van der Waals surface area contributed by atoms with Crippen molar-refractivity contribution in [1.82, 2.24) is 0 Å². The third-order valence-corrected chi connectivity index (χ3v) is 4.48. The van der Waals surface area contributed by atoms with Crippen LogP contribution in [0.1, 0.15) is 10.4 Å². The summed E-state index contributed by atoms with van der Waals surface area (Å²) in [7, 11) is -3.99. The van der Waals surface area contributed by atoms with Crippen LogP contribution in [0.2, 0.25) is 0 Å². The Hall–Kier alpha value is -1.93. The standard InChI is InChI=1S/C13H9BrFNO4S/c14-8-1-3-9(4-2-8)16-21(19,20)10-5-6-12(15)11(7-10)13(17)18/h1-7,16H,(H,17,18). The van der Waals surface area contributed by atoms with Crippen LogP contribution in [0.15, 0.2) is 51.8 Å². The molecule has 0 unspecified atom stereocenters. The van der Waals surface area contributed by atoms with E-state index < -0.39 is 27.4 Å². The highest BCUT2D eigenvalue weighted by molar-refractivity contribution is 9.10. The molecule has 0 bridgehead atoms. The Bertz CT molecular complexity index is 790. The molecule has 0 aliphatic rings. The first-order chi connectivity index (χ1) is 9.79. The van der Waals surface area contributed by atoms with Crippen molar-refractivity contribution in [2.24, 2.45) is 0 Å². The van der Waals surface area contributed by atoms with Gasteiger partial charge in [0.2, 0.25) is 0 Å². The summed E-state index contributed by atoms with van der Waals surface area (Å²) in [6, 6.07) is 8.93. The lowest BCUT2D eigenvalue weighted by Crippen LogP contribution is -2.14. The van der Waals surface area contributed by atoms with Gasteiger partial charge in [0.15, 0.2) is 0 Å². The lowest BCUT2D eigenvalue weighted by atomic mass is 10.2. The Balaban J connectivity index is 2.38. The smallest absolute Gasteiger partial charge is 0.338 e. The van der Waals surface area contributed by atoms with E-state index in [4.69, 9.17) is 5.11 Å². The Morgan fingerprint density at radius 3 is 2.33 bits per heavy atom. The number of hydrogen-bond donors (Lipinski definition) is 2. The third-order valence-electron chi connectivity index (χ3n) is 2.57. The van der Waals surface area contributed by atoms with Crippen molar-refractivity contribution in [3.63, 3.8) is 0 Å². The minimum absolute atomic E-state index is 0.305. The van der Waals surface area contributed by atoms with Crippen molar-refractivity contribution in [2.75, 3.05) is 4.72 Å². The maximum absolute atomic E-state index is 13.3. The average Bonchev–Trinajstić information content (AvgIpc) is 2.41. The second-order valence-electron chi connectivity index (χ2n) is 4.06. The van der Waals surface area contributed by atoms with E-state index in [1.54, 1.807) is 12.1 Å². The summed E-state index contributed by atoms with van der Waals surface area (Å²) in [6.45, 7) is 0. The van der Waals surface area contributed by atoms with Gasteiger partial charge in [-0.3, -0.25) is 4.72 Å². The highest BCUT2D eigenvalue weighted by atomic mass is 79.9. The minimum atomic E-state index is -3.99. The molecule has 8 heteroatoms. The van der Waals surface area contributed by atoms with E-state index in [1.807, 2.05) is 0 Å². The predicted molar refractivity (Wildman–Crippen MR) is 78.3 cm³/mol. The molecule has 110 valence electrons. The molecule has 0 atom stereocenters. The summed E-state index contributed by atoms with van der Waals surface area (Å²) in [5.41, 5.74) is -0.395. The fraction of sp³-hybridized carbons (Fsp3) is 0. The first kappa shape index (κ1) is 15.5. The van der Waals surface area contributed by atoms with Crippen molar-refractivity contribution in [3.05, 3.63) is 58.3 Å². The number of carboxylic acids is 1. The lowest BCUT2D eigenvalue weighted by molar-refractivity contribution is 0.0691. The Morgan fingerprint density at radius 2 is 1.76 bits per heavy atom. The first-order valence-corrected chi connectivity index (χ1v) is 7.88. The van der Waals surface area contributed by atoms with E-state index >= 15 is 0 Å². The van der Waals surface area contributed by atoms with Crippen LogP contribution in [0.5, 0.6) is 0 Å². The SMILES string of the molecule is O=C(O)c1cc(S(=O)(=O)Nc2ccc(Br)cc2)ccc1F. The van der Waals surface area contributed by atoms with Crippen LogP contribution < -0.4 is 4.72 Å². The third kappa shape index (κ3) is 3.59. The summed E-state index contributed by atoms with van der Waals surface area (Å²) in [6.07, 6.45) is 0. The zero-order chi connectivity index (χ0) is 15.6. The molecular formula is C13H9BrFNO4S. The van der Waals surface area contributed by atoms with Crippen molar-refractivity contribution in [2.45, 2.75) is 4.90 Å². The number of halogens is 2. The van der Waals surface area contributed by atoms with E-state index in [0.717, 1.165) is 22.7 Å². The van der Waals surface area contributed by atoms with Gasteiger partial charge in [0.25, 0.3) is 10.0 Å². The van der Waals surface area contributed by atoms with Gasteiger partial charge in [-0.25, -0.2) is 17.6 Å². The second kappa shape index (κ2) is 5.82. The maximum Gasteiger partial charge on any atom is 0.338 e. The minimum Gasteiger partial charge on any atom is -0.478 e. The zero-order valence-corrected chi connectivity index (χ0v) is 12.8. The number of hydrogen-bond acceptors (Lipinski definition) is 3. The normalized spacial score (nSPS) is 11.1. The second-order valence-corrected chi connectivity index (χ2v) is 6.66. The monoisotopic (exact) mass is 373 g/mol. The van der Waals surface area contributed by atoms with E-state index in [1.165, 1.54) is 12.1 Å². The van der Waals surface area contributed by atoms with Gasteiger partial charge >= 0.3 is 5.97 Å². The fourth-order valence-corrected chi connectivity index (χ4v) is 2.92. The van der Waals surface area contributed by atoms with E-state index in [0.29, 0.717) is 5.69 Å². The number of aromatic carboxylic acids is 1. The molecule has 2 rings (SSSR count). The number of carboxylic acid groups (broad SMARTS) is 1. The number of benzene rings is 2. The largest absolute Gasteiger partial charge is 0.478 e. The van der Waals surface area contributed by atoms with Crippen molar-refractivity contribution in [1.29, 1.82) is 0 Å². The van der Waals surface area contributed by atoms with Gasteiger partial charge in [-0.2, -0.15) is 0 Å². The topological polar surface area (TPSA) is 83.5 Å². The summed E-state index contributed by atoms with van der Waals surface area (Å²) in [4.78, 5) is 10.5. The molecule has 0 aliphatic heterocycles. The molecule has 0 saturated heterocycles. The quantitative estimate of drug-likeness (QED) is 0.862. The van der Waals surface area contributed by atoms with Gasteiger partial charge < -0.3 is 5.11 Å². The molecule has 0 amide bonds. The van der Waals surface area contributed by atoms with Crippen LogP contribution in [-0.4, -0.2) is 19.5 Å². The molecule has 21 heavy (non-hydrogen) atoms. The highest BCUT2D eigenvalue weighted by Gasteiger charge is 2.19. The van der Waals surface area contributed by atoms with Crippen LogP contribution in [0.25, 0.3) is 0 Å². The molecule has 2 N–H and O–H groups in total. The van der Waals surface area contributed by atoms with Crippen LogP contribution in [0, 0.1) is 5.82 Å². The number of sulfonamides is 1. The van der Waals surface area contributed by atoms with Crippen LogP contribution in [0.4, 0.5) is 10.1 Å². The van der Waals surface area contributed by atoms with E-state index in [-0.39, 0.29) is 4.90 Å². The van der Waals surface area contributed by atoms with Gasteiger partial charge in [0, 0.05) is 10.2 Å². The van der Waals surface area contributed by atoms with Crippen molar-refractivity contribution >= 4 is 37.6 Å². The molecule has 0 radical (unpaired) electrons. The predicted octanol–water partition coefficient (Wildman–Crippen LogP) is 3.09. The number of nitrogens with one attached hydrogen (secondary N) is 1. The molecule has 0 heterocycles. The Labute approximate surface area is 128 Å². The highest BCUT2D eigenvalue weighted by Crippen LogP contribution is 2.20. The first-order valence-electron chi connectivity index (χ1n) is 5.61. The van der Waals surface area contributed by atoms with E-state index in [9.17, 15) is 17.6 Å². The van der Waals surface area contributed by atoms with Crippen LogP contribution >= 0.6 is 15.9 Å². The summed E-state index contributed by atoms with van der Waals surface area (Å²) in [5.74, 6) is -2.53. The van der Waals surface area contributed by atoms with E-state index in [2.05, 4.69) is 20.7 Å². The molecule has 2 aromatic carbocycles. The summed E-state index contributed by atoms with van der Waals surface area (Å²) >= 11 is 3.22. The maximum atomic E-state index is 13.3. The van der Waals surface area contributed by atoms with Gasteiger partial charge in [0.05, 0.1) is 10.5 Å². The average molecular weight is 374 g/mol.